The van der Waals surface area contributed by atoms with Crippen molar-refractivity contribution in [1.82, 2.24) is 0 Å². The van der Waals surface area contributed by atoms with Crippen molar-refractivity contribution in [1.29, 1.82) is 0 Å². The normalized spacial score (nSPS) is 11.1. The molecule has 4 nitrogen and oxygen atoms in total. The Morgan fingerprint density at radius 1 is 0.750 bits per heavy atom. The topological polar surface area (TPSA) is 63.6 Å². The van der Waals surface area contributed by atoms with Crippen LogP contribution in [0.3, 0.4) is 0 Å². The van der Waals surface area contributed by atoms with Gasteiger partial charge in [0.15, 0.2) is 0 Å². The Labute approximate surface area is 147 Å². The van der Waals surface area contributed by atoms with Crippen LogP contribution in [-0.2, 0) is 14.3 Å². The van der Waals surface area contributed by atoms with Crippen molar-refractivity contribution in [3.63, 3.8) is 0 Å². The van der Waals surface area contributed by atoms with Crippen LogP contribution >= 0.6 is 0 Å². The zero-order chi connectivity index (χ0) is 17.9. The first-order chi connectivity index (χ1) is 11.7. The van der Waals surface area contributed by atoms with E-state index in [1.165, 1.54) is 57.8 Å². The number of hydrogen-bond acceptors (Lipinski definition) is 4. The van der Waals surface area contributed by atoms with Gasteiger partial charge < -0.3 is 9.84 Å². The zero-order valence-corrected chi connectivity index (χ0v) is 15.4. The Balaban J connectivity index is 3.23. The Morgan fingerprint density at radius 3 is 1.79 bits per heavy atom. The van der Waals surface area contributed by atoms with E-state index in [2.05, 4.69) is 23.8 Å². The smallest absolute Gasteiger partial charge is 0.339 e. The second-order valence-electron chi connectivity index (χ2n) is 6.34. The first-order valence-electron chi connectivity index (χ1n) is 9.70. The minimum Gasteiger partial charge on any atom is -0.391 e. The van der Waals surface area contributed by atoms with E-state index in [0.717, 1.165) is 25.7 Å². The van der Waals surface area contributed by atoms with Gasteiger partial charge >= 0.3 is 11.9 Å². The van der Waals surface area contributed by atoms with Crippen LogP contribution in [0.15, 0.2) is 12.2 Å². The van der Waals surface area contributed by atoms with Crippen LogP contribution in [0.1, 0.15) is 96.8 Å². The van der Waals surface area contributed by atoms with E-state index in [1.807, 2.05) is 0 Å². The molecule has 4 heteroatoms. The lowest BCUT2D eigenvalue weighted by Crippen LogP contribution is -2.14. The van der Waals surface area contributed by atoms with Crippen molar-refractivity contribution >= 4 is 11.9 Å². The largest absolute Gasteiger partial charge is 0.391 e. The van der Waals surface area contributed by atoms with Crippen LogP contribution in [-0.4, -0.2) is 23.7 Å². The van der Waals surface area contributed by atoms with Gasteiger partial charge in [-0.05, 0) is 32.1 Å². The second kappa shape index (κ2) is 18.2. The lowest BCUT2D eigenvalue weighted by Gasteiger charge is -2.01. The summed E-state index contributed by atoms with van der Waals surface area (Å²) in [4.78, 5) is 21.9. The van der Waals surface area contributed by atoms with E-state index in [4.69, 9.17) is 5.11 Å². The molecular formula is C20H36O4. The standard InChI is InChI=1S/C20H36O4/c1-2-3-4-5-6-7-8-9-10-11-12-13-14-15-16-17-19(22)24-20(23)18-21/h9-10,21H,2-8,11-18H2,1H3. The number of hydrogen-bond donors (Lipinski definition) is 1. The molecule has 0 saturated carbocycles. The van der Waals surface area contributed by atoms with E-state index in [1.54, 1.807) is 0 Å². The van der Waals surface area contributed by atoms with Crippen LogP contribution in [0, 0.1) is 0 Å². The van der Waals surface area contributed by atoms with E-state index < -0.39 is 18.5 Å². The molecule has 0 amide bonds. The molecule has 0 spiro atoms. The Kier molecular flexibility index (Phi) is 17.3. The molecule has 0 aromatic carbocycles. The average molecular weight is 341 g/mol. The quantitative estimate of drug-likeness (QED) is 0.184. The van der Waals surface area contributed by atoms with Gasteiger partial charge in [0.2, 0.25) is 0 Å². The van der Waals surface area contributed by atoms with Gasteiger partial charge in [-0.1, -0.05) is 70.4 Å². The molecule has 0 saturated heterocycles. The number of rotatable bonds is 16. The summed E-state index contributed by atoms with van der Waals surface area (Å²) >= 11 is 0. The molecule has 0 aliphatic carbocycles. The third kappa shape index (κ3) is 17.2. The van der Waals surface area contributed by atoms with Crippen molar-refractivity contribution in [2.75, 3.05) is 6.61 Å². The summed E-state index contributed by atoms with van der Waals surface area (Å²) in [5.74, 6) is -1.40. The molecule has 0 aromatic rings. The average Bonchev–Trinajstić information content (AvgIpc) is 2.58. The predicted molar refractivity (Wildman–Crippen MR) is 97.6 cm³/mol. The summed E-state index contributed by atoms with van der Waals surface area (Å²) in [5.41, 5.74) is 0. The molecule has 140 valence electrons. The van der Waals surface area contributed by atoms with Crippen LogP contribution < -0.4 is 0 Å². The maximum atomic E-state index is 11.2. The van der Waals surface area contributed by atoms with E-state index in [-0.39, 0.29) is 6.42 Å². The highest BCUT2D eigenvalue weighted by molar-refractivity contribution is 5.85. The molecule has 0 fully saturated rings. The van der Waals surface area contributed by atoms with Crippen molar-refractivity contribution in [3.8, 4) is 0 Å². The number of unbranched alkanes of at least 4 members (excludes halogenated alkanes) is 11. The highest BCUT2D eigenvalue weighted by Crippen LogP contribution is 2.10. The molecule has 0 aliphatic rings. The Bertz CT molecular complexity index is 337. The number of esters is 2. The molecule has 1 N–H and O–H groups in total. The number of aliphatic hydroxyl groups excluding tert-OH is 1. The van der Waals surface area contributed by atoms with Crippen LogP contribution in [0.25, 0.3) is 0 Å². The summed E-state index contributed by atoms with van der Waals surface area (Å²) in [6.07, 6.45) is 20.5. The van der Waals surface area contributed by atoms with E-state index >= 15 is 0 Å². The SMILES string of the molecule is CCCCCCCCC=CCCCCCCCC(=O)OC(=O)CO. The maximum absolute atomic E-state index is 11.2. The number of ether oxygens (including phenoxy) is 1. The van der Waals surface area contributed by atoms with Crippen molar-refractivity contribution in [3.05, 3.63) is 12.2 Å². The minimum atomic E-state index is -0.868. The van der Waals surface area contributed by atoms with Crippen molar-refractivity contribution in [2.45, 2.75) is 96.8 Å². The molecule has 0 radical (unpaired) electrons. The fourth-order valence-electron chi connectivity index (χ4n) is 2.55. The molecule has 0 atom stereocenters. The van der Waals surface area contributed by atoms with Gasteiger partial charge in [0.25, 0.3) is 0 Å². The fourth-order valence-corrected chi connectivity index (χ4v) is 2.55. The van der Waals surface area contributed by atoms with Gasteiger partial charge in [0.1, 0.15) is 6.61 Å². The lowest BCUT2D eigenvalue weighted by atomic mass is 10.1. The Hall–Kier alpha value is -1.16. The second-order valence-corrected chi connectivity index (χ2v) is 6.34. The van der Waals surface area contributed by atoms with Gasteiger partial charge in [0.05, 0.1) is 0 Å². The molecular weight excluding hydrogens is 304 g/mol. The maximum Gasteiger partial charge on any atom is 0.339 e. The van der Waals surface area contributed by atoms with Crippen molar-refractivity contribution in [2.24, 2.45) is 0 Å². The first-order valence-corrected chi connectivity index (χ1v) is 9.70. The fraction of sp³-hybridized carbons (Fsp3) is 0.800. The van der Waals surface area contributed by atoms with Crippen molar-refractivity contribution < 1.29 is 19.4 Å². The van der Waals surface area contributed by atoms with Crippen LogP contribution in [0.4, 0.5) is 0 Å². The summed E-state index contributed by atoms with van der Waals surface area (Å²) in [5, 5.41) is 8.46. The summed E-state index contributed by atoms with van der Waals surface area (Å²) in [6.45, 7) is 1.51. The molecule has 0 aliphatic heterocycles. The predicted octanol–water partition coefficient (Wildman–Crippen LogP) is 5.09. The highest BCUT2D eigenvalue weighted by Gasteiger charge is 2.08. The van der Waals surface area contributed by atoms with Crippen LogP contribution in [0.2, 0.25) is 0 Å². The van der Waals surface area contributed by atoms with Gasteiger partial charge in [-0.3, -0.25) is 4.79 Å². The first kappa shape index (κ1) is 22.8. The molecule has 0 aromatic heterocycles. The Morgan fingerprint density at radius 2 is 1.25 bits per heavy atom. The van der Waals surface area contributed by atoms with Gasteiger partial charge in [0, 0.05) is 6.42 Å². The third-order valence-corrected chi connectivity index (χ3v) is 4.00. The van der Waals surface area contributed by atoms with E-state index in [9.17, 15) is 9.59 Å². The van der Waals surface area contributed by atoms with E-state index in [0.29, 0.717) is 0 Å². The number of carbonyl (C=O) groups excluding carboxylic acids is 2. The molecule has 24 heavy (non-hydrogen) atoms. The molecule has 0 heterocycles. The summed E-state index contributed by atoms with van der Waals surface area (Å²) in [6, 6.07) is 0. The third-order valence-electron chi connectivity index (χ3n) is 4.00. The molecule has 0 rings (SSSR count). The summed E-state index contributed by atoms with van der Waals surface area (Å²) in [7, 11) is 0. The number of aliphatic hydroxyl groups is 1. The van der Waals surface area contributed by atoms with Gasteiger partial charge in [-0.15, -0.1) is 0 Å². The van der Waals surface area contributed by atoms with Crippen LogP contribution in [0.5, 0.6) is 0 Å². The van der Waals surface area contributed by atoms with Gasteiger partial charge in [-0.2, -0.15) is 0 Å². The molecule has 0 bridgehead atoms. The summed E-state index contributed by atoms with van der Waals surface area (Å²) < 4.78 is 4.38. The lowest BCUT2D eigenvalue weighted by molar-refractivity contribution is -0.161. The zero-order valence-electron chi connectivity index (χ0n) is 15.4. The minimum absolute atomic E-state index is 0.254. The number of carbonyl (C=O) groups is 2. The molecule has 0 unspecified atom stereocenters. The van der Waals surface area contributed by atoms with Gasteiger partial charge in [-0.25, -0.2) is 4.79 Å². The monoisotopic (exact) mass is 340 g/mol. The highest BCUT2D eigenvalue weighted by atomic mass is 16.6. The number of allylic oxidation sites excluding steroid dienone is 2.